The summed E-state index contributed by atoms with van der Waals surface area (Å²) in [6.45, 7) is 9.04. The van der Waals surface area contributed by atoms with Gasteiger partial charge in [-0.2, -0.15) is 0 Å². The molecule has 24 heavy (non-hydrogen) atoms. The smallest absolute Gasteiger partial charge is 0.251 e. The Morgan fingerprint density at radius 3 is 2.62 bits per heavy atom. The summed E-state index contributed by atoms with van der Waals surface area (Å²) in [6.07, 6.45) is 1.20. The number of nitrogens with zero attached hydrogens (tertiary/aromatic N) is 1. The van der Waals surface area contributed by atoms with Crippen LogP contribution in [-0.2, 0) is 4.79 Å². The molecule has 1 aliphatic rings. The van der Waals surface area contributed by atoms with E-state index in [2.05, 4.69) is 31.4 Å². The predicted molar refractivity (Wildman–Crippen MR) is 97.2 cm³/mol. The first kappa shape index (κ1) is 18.3. The normalized spacial score (nSPS) is 19.3. The number of anilines is 1. The number of carbonyl (C=O) groups is 2. The first-order valence-corrected chi connectivity index (χ1v) is 8.70. The summed E-state index contributed by atoms with van der Waals surface area (Å²) in [7, 11) is 1.78. The minimum absolute atomic E-state index is 0.0193. The molecule has 1 aliphatic heterocycles. The van der Waals surface area contributed by atoms with E-state index in [1.54, 1.807) is 11.9 Å². The Morgan fingerprint density at radius 2 is 2.00 bits per heavy atom. The van der Waals surface area contributed by atoms with Crippen molar-refractivity contribution in [1.82, 2.24) is 10.2 Å². The number of carbonyl (C=O) groups excluding carboxylic acids is 2. The third-order valence-corrected chi connectivity index (χ3v) is 4.92. The molecule has 2 atom stereocenters. The molecule has 0 radical (unpaired) electrons. The Balaban J connectivity index is 2.08. The molecule has 0 unspecified atom stereocenters. The quantitative estimate of drug-likeness (QED) is 0.872. The minimum atomic E-state index is -0.0684. The van der Waals surface area contributed by atoms with Crippen molar-refractivity contribution in [3.05, 3.63) is 29.3 Å². The summed E-state index contributed by atoms with van der Waals surface area (Å²) in [6, 6.07) is 6.13. The maximum absolute atomic E-state index is 12.7. The molecule has 2 rings (SSSR count). The number of nitrogens with one attached hydrogen (secondary N) is 2. The van der Waals surface area contributed by atoms with Gasteiger partial charge in [-0.15, -0.1) is 0 Å². The molecule has 0 spiro atoms. The van der Waals surface area contributed by atoms with Crippen LogP contribution in [0.3, 0.4) is 0 Å². The standard InChI is InChI=1S/C19H29N3O2/c1-12(2)14(4)20-17-8-6-7-16(13(17)3)19(24)21-15-9-10-18(23)22(5)11-15/h6-8,12,14-15,20H,9-11H2,1-5H3,(H,21,24)/t14-,15+/m0/s1. The number of hydrogen-bond donors (Lipinski definition) is 2. The third-order valence-electron chi connectivity index (χ3n) is 4.92. The second-order valence-corrected chi connectivity index (χ2v) is 7.14. The second-order valence-electron chi connectivity index (χ2n) is 7.14. The number of piperidine rings is 1. The molecule has 1 heterocycles. The van der Waals surface area contributed by atoms with Crippen molar-refractivity contribution in [2.24, 2.45) is 5.92 Å². The fourth-order valence-corrected chi connectivity index (χ4v) is 2.84. The molecule has 132 valence electrons. The van der Waals surface area contributed by atoms with E-state index in [4.69, 9.17) is 0 Å². The molecule has 0 aromatic heterocycles. The van der Waals surface area contributed by atoms with Gasteiger partial charge in [0.2, 0.25) is 5.91 Å². The molecule has 2 N–H and O–H groups in total. The summed E-state index contributed by atoms with van der Waals surface area (Å²) in [5.41, 5.74) is 2.65. The average Bonchev–Trinajstić information content (AvgIpc) is 2.52. The molecule has 0 aliphatic carbocycles. The number of rotatable bonds is 5. The van der Waals surface area contributed by atoms with Crippen LogP contribution >= 0.6 is 0 Å². The highest BCUT2D eigenvalue weighted by Gasteiger charge is 2.25. The largest absolute Gasteiger partial charge is 0.382 e. The summed E-state index contributed by atoms with van der Waals surface area (Å²) < 4.78 is 0. The van der Waals surface area contributed by atoms with Crippen LogP contribution in [-0.4, -0.2) is 42.4 Å². The van der Waals surface area contributed by atoms with Gasteiger partial charge in [0.25, 0.3) is 5.91 Å². The van der Waals surface area contributed by atoms with Crippen molar-refractivity contribution in [1.29, 1.82) is 0 Å². The van der Waals surface area contributed by atoms with Gasteiger partial charge >= 0.3 is 0 Å². The Morgan fingerprint density at radius 1 is 1.29 bits per heavy atom. The van der Waals surface area contributed by atoms with Crippen molar-refractivity contribution < 1.29 is 9.59 Å². The number of benzene rings is 1. The van der Waals surface area contributed by atoms with E-state index in [9.17, 15) is 9.59 Å². The molecular formula is C19H29N3O2. The second kappa shape index (κ2) is 7.69. The van der Waals surface area contributed by atoms with Crippen LogP contribution < -0.4 is 10.6 Å². The van der Waals surface area contributed by atoms with Gasteiger partial charge in [-0.05, 0) is 43.9 Å². The molecule has 0 saturated carbocycles. The van der Waals surface area contributed by atoms with Crippen LogP contribution in [0.25, 0.3) is 0 Å². The SMILES string of the molecule is Cc1c(N[C@@H](C)C(C)C)cccc1C(=O)N[C@@H]1CCC(=O)N(C)C1. The van der Waals surface area contributed by atoms with E-state index >= 15 is 0 Å². The van der Waals surface area contributed by atoms with Gasteiger partial charge in [0.15, 0.2) is 0 Å². The lowest BCUT2D eigenvalue weighted by molar-refractivity contribution is -0.132. The van der Waals surface area contributed by atoms with Crippen molar-refractivity contribution in [3.63, 3.8) is 0 Å². The Bertz CT molecular complexity index is 613. The monoisotopic (exact) mass is 331 g/mol. The van der Waals surface area contributed by atoms with Gasteiger partial charge in [0.05, 0.1) is 0 Å². The zero-order chi connectivity index (χ0) is 17.9. The zero-order valence-corrected chi connectivity index (χ0v) is 15.3. The minimum Gasteiger partial charge on any atom is -0.382 e. The molecule has 1 fully saturated rings. The van der Waals surface area contributed by atoms with Crippen LogP contribution in [0.2, 0.25) is 0 Å². The molecular weight excluding hydrogens is 302 g/mol. The van der Waals surface area contributed by atoms with Crippen molar-refractivity contribution >= 4 is 17.5 Å². The van der Waals surface area contributed by atoms with Crippen molar-refractivity contribution in [2.75, 3.05) is 18.9 Å². The lowest BCUT2D eigenvalue weighted by atomic mass is 10.0. The molecule has 1 saturated heterocycles. The Hall–Kier alpha value is -2.04. The topological polar surface area (TPSA) is 61.4 Å². The van der Waals surface area contributed by atoms with Crippen molar-refractivity contribution in [3.8, 4) is 0 Å². The van der Waals surface area contributed by atoms with Gasteiger partial charge in [0, 0.05) is 43.3 Å². The molecule has 5 nitrogen and oxygen atoms in total. The lowest BCUT2D eigenvalue weighted by Gasteiger charge is -2.30. The first-order valence-electron chi connectivity index (χ1n) is 8.70. The zero-order valence-electron chi connectivity index (χ0n) is 15.3. The Kier molecular flexibility index (Phi) is 5.86. The molecule has 1 aromatic rings. The number of likely N-dealkylation sites (N-methyl/N-ethyl adjacent to an activating group) is 1. The molecule has 1 aromatic carbocycles. The fourth-order valence-electron chi connectivity index (χ4n) is 2.84. The predicted octanol–water partition coefficient (Wildman–Crippen LogP) is 2.80. The molecule has 0 bridgehead atoms. The first-order chi connectivity index (χ1) is 11.3. The summed E-state index contributed by atoms with van der Waals surface area (Å²) in [4.78, 5) is 25.9. The number of amides is 2. The summed E-state index contributed by atoms with van der Waals surface area (Å²) >= 11 is 0. The Labute approximate surface area is 144 Å². The van der Waals surface area contributed by atoms with Gasteiger partial charge < -0.3 is 15.5 Å². The van der Waals surface area contributed by atoms with Crippen LogP contribution in [0.5, 0.6) is 0 Å². The third kappa shape index (κ3) is 4.28. The lowest BCUT2D eigenvalue weighted by Crippen LogP contribution is -2.48. The van der Waals surface area contributed by atoms with E-state index in [1.807, 2.05) is 25.1 Å². The molecule has 2 amide bonds. The average molecular weight is 331 g/mol. The highest BCUT2D eigenvalue weighted by atomic mass is 16.2. The van der Waals surface area contributed by atoms with Crippen molar-refractivity contribution in [2.45, 2.75) is 52.6 Å². The van der Waals surface area contributed by atoms with Crippen LogP contribution in [0.15, 0.2) is 18.2 Å². The van der Waals surface area contributed by atoms with Gasteiger partial charge in [-0.1, -0.05) is 19.9 Å². The fraction of sp³-hybridized carbons (Fsp3) is 0.579. The van der Waals surface area contributed by atoms with Crippen LogP contribution in [0, 0.1) is 12.8 Å². The van der Waals surface area contributed by atoms with E-state index in [-0.39, 0.29) is 17.9 Å². The number of likely N-dealkylation sites (tertiary alicyclic amines) is 1. The van der Waals surface area contributed by atoms with E-state index in [0.717, 1.165) is 11.3 Å². The van der Waals surface area contributed by atoms with Gasteiger partial charge in [-0.3, -0.25) is 9.59 Å². The van der Waals surface area contributed by atoms with E-state index in [1.165, 1.54) is 0 Å². The maximum atomic E-state index is 12.7. The van der Waals surface area contributed by atoms with E-state index in [0.29, 0.717) is 36.9 Å². The maximum Gasteiger partial charge on any atom is 0.251 e. The summed E-state index contributed by atoms with van der Waals surface area (Å²) in [5.74, 6) is 0.587. The number of hydrogen-bond acceptors (Lipinski definition) is 3. The highest BCUT2D eigenvalue weighted by molar-refractivity contribution is 5.97. The van der Waals surface area contributed by atoms with Crippen LogP contribution in [0.1, 0.15) is 49.5 Å². The van der Waals surface area contributed by atoms with E-state index < -0.39 is 0 Å². The summed E-state index contributed by atoms with van der Waals surface area (Å²) in [5, 5.41) is 6.56. The highest BCUT2D eigenvalue weighted by Crippen LogP contribution is 2.22. The van der Waals surface area contributed by atoms with Crippen LogP contribution in [0.4, 0.5) is 5.69 Å². The van der Waals surface area contributed by atoms with Gasteiger partial charge in [0.1, 0.15) is 0 Å². The van der Waals surface area contributed by atoms with Gasteiger partial charge in [-0.25, -0.2) is 0 Å². The molecule has 5 heteroatoms.